The number of aliphatic imine (C=N–C) groups is 1. The first kappa shape index (κ1) is 22.0. The third-order valence-electron chi connectivity index (χ3n) is 5.80. The number of primary amides is 1. The van der Waals surface area contributed by atoms with Crippen LogP contribution in [0.1, 0.15) is 11.1 Å². The summed E-state index contributed by atoms with van der Waals surface area (Å²) in [5.74, 6) is -0.728. The second kappa shape index (κ2) is 9.22. The third kappa shape index (κ3) is 4.51. The molecule has 1 amide bonds. The Balaban J connectivity index is 1.53. The number of pyridine rings is 1. The number of fused-ring (bicyclic) bond motifs is 1. The summed E-state index contributed by atoms with van der Waals surface area (Å²) in [6, 6.07) is 15.2. The molecule has 4 N–H and O–H groups in total. The van der Waals surface area contributed by atoms with Crippen molar-refractivity contribution >= 4 is 28.8 Å². The Kier molecular flexibility index (Phi) is 5.80. The number of nitrogens with zero attached hydrogens (tertiary/aromatic N) is 4. The van der Waals surface area contributed by atoms with Crippen LogP contribution >= 0.6 is 0 Å². The third-order valence-corrected chi connectivity index (χ3v) is 5.80. The molecular formula is C26H23N7O2. The van der Waals surface area contributed by atoms with Gasteiger partial charge < -0.3 is 20.3 Å². The van der Waals surface area contributed by atoms with Gasteiger partial charge in [-0.1, -0.05) is 30.3 Å². The molecule has 5 aromatic rings. The molecular weight excluding hydrogens is 442 g/mol. The number of H-pyrrole nitrogens is 2. The first-order chi connectivity index (χ1) is 17.0. The monoisotopic (exact) mass is 465 g/mol. The predicted molar refractivity (Wildman–Crippen MR) is 135 cm³/mol. The molecule has 0 radical (unpaired) electrons. The van der Waals surface area contributed by atoms with Gasteiger partial charge in [0.15, 0.2) is 0 Å². The van der Waals surface area contributed by atoms with Crippen LogP contribution < -0.4 is 11.3 Å². The maximum Gasteiger partial charge on any atom is 0.261 e. The minimum Gasteiger partial charge on any atom is -0.369 e. The Morgan fingerprint density at radius 1 is 1.23 bits per heavy atom. The van der Waals surface area contributed by atoms with Crippen molar-refractivity contribution in [2.75, 3.05) is 0 Å². The normalized spacial score (nSPS) is 12.4. The Bertz CT molecular complexity index is 1580. The average molecular weight is 466 g/mol. The largest absolute Gasteiger partial charge is 0.369 e. The molecule has 3 aromatic heterocycles. The number of benzene rings is 2. The number of amides is 1. The van der Waals surface area contributed by atoms with Gasteiger partial charge in [0.1, 0.15) is 11.4 Å². The molecule has 0 saturated carbocycles. The number of nitrogens with two attached hydrogens (primary N) is 1. The zero-order chi connectivity index (χ0) is 24.4. The summed E-state index contributed by atoms with van der Waals surface area (Å²) in [6.07, 6.45) is 8.72. The van der Waals surface area contributed by atoms with Crippen LogP contribution in [0.5, 0.6) is 0 Å². The topological polar surface area (TPSA) is 135 Å². The van der Waals surface area contributed by atoms with Crippen LogP contribution in [0.25, 0.3) is 28.1 Å². The highest BCUT2D eigenvalue weighted by molar-refractivity contribution is 5.94. The van der Waals surface area contributed by atoms with E-state index >= 15 is 0 Å². The number of nitrogens with one attached hydrogen (secondary N) is 2. The fourth-order valence-corrected chi connectivity index (χ4v) is 4.02. The number of rotatable bonds is 7. The molecule has 0 bridgehead atoms. The van der Waals surface area contributed by atoms with Crippen molar-refractivity contribution in [3.05, 3.63) is 94.9 Å². The van der Waals surface area contributed by atoms with Crippen molar-refractivity contribution in [2.24, 2.45) is 16.6 Å². The van der Waals surface area contributed by atoms with Crippen molar-refractivity contribution < 1.29 is 4.79 Å². The number of carbonyl (C=O) groups is 1. The lowest BCUT2D eigenvalue weighted by Gasteiger charge is -2.08. The van der Waals surface area contributed by atoms with Gasteiger partial charge in [-0.2, -0.15) is 0 Å². The summed E-state index contributed by atoms with van der Waals surface area (Å²) in [7, 11) is 0. The number of aryl methyl sites for hydroxylation is 1. The number of aromatic nitrogens is 5. The van der Waals surface area contributed by atoms with Crippen LogP contribution in [-0.2, 0) is 11.2 Å². The molecule has 0 aliphatic heterocycles. The quantitative estimate of drug-likeness (QED) is 0.317. The molecule has 0 aliphatic rings. The second-order valence-electron chi connectivity index (χ2n) is 8.26. The molecule has 35 heavy (non-hydrogen) atoms. The smallest absolute Gasteiger partial charge is 0.261 e. The zero-order valence-electron chi connectivity index (χ0n) is 19.0. The lowest BCUT2D eigenvalue weighted by molar-refractivity contribution is -0.119. The van der Waals surface area contributed by atoms with E-state index in [4.69, 9.17) is 10.7 Å². The van der Waals surface area contributed by atoms with Gasteiger partial charge in [0, 0.05) is 30.5 Å². The van der Waals surface area contributed by atoms with Gasteiger partial charge in [0.05, 0.1) is 29.0 Å². The van der Waals surface area contributed by atoms with Gasteiger partial charge in [0.2, 0.25) is 5.91 Å². The average Bonchev–Trinajstić information content (AvgIpc) is 3.53. The standard InChI is InChI=1S/C26H23N7O2/c1-16-11-19(33-10-9-28-15-33)13-21-23(16)32-25(31-21)22-20(7-8-29-26(22)35)30-14-18(24(27)34)12-17-5-3-2-4-6-17/h2-11,13-15,18H,12H2,1H3,(H2,27,34)(H,29,35)(H,31,32). The number of carbonyl (C=O) groups excluding carboxylic acids is 1. The predicted octanol–water partition coefficient (Wildman–Crippen LogP) is 3.46. The van der Waals surface area contributed by atoms with Gasteiger partial charge >= 0.3 is 0 Å². The van der Waals surface area contributed by atoms with E-state index < -0.39 is 11.8 Å². The summed E-state index contributed by atoms with van der Waals surface area (Å²) in [4.78, 5) is 44.1. The van der Waals surface area contributed by atoms with E-state index in [9.17, 15) is 9.59 Å². The van der Waals surface area contributed by atoms with E-state index in [1.807, 2.05) is 60.2 Å². The minimum absolute atomic E-state index is 0.284. The molecule has 0 spiro atoms. The summed E-state index contributed by atoms with van der Waals surface area (Å²) in [5.41, 5.74) is 10.3. The molecule has 1 atom stereocenters. The van der Waals surface area contributed by atoms with E-state index in [0.717, 1.165) is 27.8 Å². The first-order valence-electron chi connectivity index (χ1n) is 11.1. The van der Waals surface area contributed by atoms with E-state index in [1.165, 1.54) is 12.4 Å². The maximum atomic E-state index is 12.8. The highest BCUT2D eigenvalue weighted by Gasteiger charge is 2.18. The SMILES string of the molecule is Cc1cc(-n2ccnc2)cc2[nH]c(-c3c(N=CC(Cc4ccccc4)C(N)=O)cc[nH]c3=O)nc12. The molecule has 0 fully saturated rings. The molecule has 1 unspecified atom stereocenters. The molecule has 5 rings (SSSR count). The number of aromatic amines is 2. The Hall–Kier alpha value is -4.79. The van der Waals surface area contributed by atoms with Crippen molar-refractivity contribution in [1.82, 2.24) is 24.5 Å². The van der Waals surface area contributed by atoms with E-state index in [1.54, 1.807) is 18.6 Å². The minimum atomic E-state index is -0.625. The molecule has 0 aliphatic carbocycles. The lowest BCUT2D eigenvalue weighted by atomic mass is 10.00. The Labute approximate surface area is 200 Å². The Morgan fingerprint density at radius 2 is 2.06 bits per heavy atom. The molecule has 9 nitrogen and oxygen atoms in total. The first-order valence-corrected chi connectivity index (χ1v) is 11.1. The van der Waals surface area contributed by atoms with Crippen molar-refractivity contribution in [1.29, 1.82) is 0 Å². The molecule has 174 valence electrons. The summed E-state index contributed by atoms with van der Waals surface area (Å²) < 4.78 is 1.90. The fourth-order valence-electron chi connectivity index (χ4n) is 4.02. The van der Waals surface area contributed by atoms with Gasteiger partial charge in [-0.15, -0.1) is 0 Å². The number of imidazole rings is 2. The van der Waals surface area contributed by atoms with Gasteiger partial charge in [0.25, 0.3) is 5.56 Å². The summed E-state index contributed by atoms with van der Waals surface area (Å²) in [6.45, 7) is 1.96. The fraction of sp³-hybridized carbons (Fsp3) is 0.115. The lowest BCUT2D eigenvalue weighted by Crippen LogP contribution is -2.26. The van der Waals surface area contributed by atoms with Crippen molar-refractivity contribution in [2.45, 2.75) is 13.3 Å². The van der Waals surface area contributed by atoms with Crippen LogP contribution in [0.3, 0.4) is 0 Å². The van der Waals surface area contributed by atoms with Crippen LogP contribution in [0.2, 0.25) is 0 Å². The number of hydrogen-bond donors (Lipinski definition) is 3. The summed E-state index contributed by atoms with van der Waals surface area (Å²) >= 11 is 0. The molecule has 3 heterocycles. The van der Waals surface area contributed by atoms with Crippen LogP contribution in [-0.4, -0.2) is 36.6 Å². The molecule has 9 heteroatoms. The Morgan fingerprint density at radius 3 is 2.80 bits per heavy atom. The van der Waals surface area contributed by atoms with E-state index in [-0.39, 0.29) is 11.1 Å². The van der Waals surface area contributed by atoms with E-state index in [0.29, 0.717) is 17.9 Å². The molecule has 0 saturated heterocycles. The summed E-state index contributed by atoms with van der Waals surface area (Å²) in [5, 5.41) is 0. The second-order valence-corrected chi connectivity index (χ2v) is 8.26. The highest BCUT2D eigenvalue weighted by Crippen LogP contribution is 2.29. The highest BCUT2D eigenvalue weighted by atomic mass is 16.1. The maximum absolute atomic E-state index is 12.8. The number of hydrogen-bond acceptors (Lipinski definition) is 5. The van der Waals surface area contributed by atoms with Crippen LogP contribution in [0.15, 0.2) is 83.2 Å². The van der Waals surface area contributed by atoms with Gasteiger partial charge in [-0.25, -0.2) is 9.97 Å². The van der Waals surface area contributed by atoms with E-state index in [2.05, 4.69) is 19.9 Å². The van der Waals surface area contributed by atoms with Crippen LogP contribution in [0, 0.1) is 12.8 Å². The van der Waals surface area contributed by atoms with Crippen molar-refractivity contribution in [3.63, 3.8) is 0 Å². The van der Waals surface area contributed by atoms with Crippen LogP contribution in [0.4, 0.5) is 5.69 Å². The van der Waals surface area contributed by atoms with Gasteiger partial charge in [-0.05, 0) is 42.7 Å². The van der Waals surface area contributed by atoms with Gasteiger partial charge in [-0.3, -0.25) is 14.6 Å². The molecule has 2 aromatic carbocycles. The van der Waals surface area contributed by atoms with Crippen molar-refractivity contribution in [3.8, 4) is 17.1 Å². The zero-order valence-corrected chi connectivity index (χ0v) is 19.0.